The van der Waals surface area contributed by atoms with Crippen LogP contribution in [0.25, 0.3) is 0 Å². The molecule has 0 radical (unpaired) electrons. The lowest BCUT2D eigenvalue weighted by atomic mass is 10.0. The normalized spacial score (nSPS) is 14.1. The molecule has 0 saturated heterocycles. The fourth-order valence-electron chi connectivity index (χ4n) is 10.6. The van der Waals surface area contributed by atoms with Crippen molar-refractivity contribution in [3.05, 3.63) is 72.9 Å². The summed E-state index contributed by atoms with van der Waals surface area (Å²) in [4.78, 5) is 25.6. The van der Waals surface area contributed by atoms with Crippen molar-refractivity contribution in [2.24, 2.45) is 0 Å². The number of allylic oxidation sites excluding steroid dienone is 11. The van der Waals surface area contributed by atoms with Crippen LogP contribution in [0.15, 0.2) is 72.9 Å². The summed E-state index contributed by atoms with van der Waals surface area (Å²) in [5.74, 6) is -0.203. The Hall–Kier alpha value is -2.06. The van der Waals surface area contributed by atoms with Crippen LogP contribution in [-0.2, 0) is 18.4 Å². The number of unbranched alkanes of at least 4 members (excludes halogenated alkanes) is 43. The minimum Gasteiger partial charge on any atom is -0.756 e. The largest absolute Gasteiger partial charge is 0.756 e. The number of carbonyl (C=O) groups excluding carboxylic acids is 1. The molecule has 0 bridgehead atoms. The third-order valence-corrected chi connectivity index (χ3v) is 17.1. The molecule has 0 heterocycles. The van der Waals surface area contributed by atoms with Crippen molar-refractivity contribution in [1.82, 2.24) is 5.32 Å². The molecule has 0 aromatic rings. The molecule has 0 aliphatic heterocycles. The standard InChI is InChI=1S/C74H139N2O6P/c1-6-8-10-12-14-16-18-20-22-24-26-28-30-32-34-36-38-40-42-44-46-48-50-52-54-56-58-60-62-64-66-68-74(78)75-72(71-82-83(79,80)81-70-69-76(3,4)5)73(77)67-65-63-61-59-57-55-53-51-49-47-45-43-41-39-37-35-33-31-29-27-25-23-21-19-17-15-13-11-9-7-2/h8,10,14,16,20,22,26,28,57,59,65,67,72-73,77H,6-7,9,11-13,15,17-19,21,23-25,27,29-56,58,60-64,66,68-71H2,1-5H3,(H-,75,78,79,80)/b10-8-,16-14-,22-20-,28-26-,59-57+,67-65+. The van der Waals surface area contributed by atoms with Crippen LogP contribution >= 0.6 is 7.82 Å². The highest BCUT2D eigenvalue weighted by Gasteiger charge is 2.23. The number of likely N-dealkylation sites (N-methyl/N-ethyl adjacent to an activating group) is 1. The SMILES string of the molecule is CC/C=C\C/C=C\C/C=C\C/C=C\CCCCCCCCCCCCCCCCCCCCC(=O)NC(COP(=O)([O-])OCC[N+](C)(C)C)C(O)/C=C/CC/C=C/CCCCCCCCCCCCCCCCCCCCCCCCCC. The van der Waals surface area contributed by atoms with E-state index in [1.165, 1.54) is 257 Å². The molecule has 0 spiro atoms. The van der Waals surface area contributed by atoms with E-state index in [1.54, 1.807) is 6.08 Å². The maximum atomic E-state index is 13.0. The van der Waals surface area contributed by atoms with Gasteiger partial charge >= 0.3 is 0 Å². The van der Waals surface area contributed by atoms with Gasteiger partial charge in [-0.2, -0.15) is 0 Å². The zero-order valence-corrected chi connectivity index (χ0v) is 56.5. The molecule has 83 heavy (non-hydrogen) atoms. The number of quaternary nitrogens is 1. The number of hydrogen-bond donors (Lipinski definition) is 2. The predicted octanol–water partition coefficient (Wildman–Crippen LogP) is 22.3. The summed E-state index contributed by atoms with van der Waals surface area (Å²) >= 11 is 0. The first kappa shape index (κ1) is 80.9. The number of nitrogens with zero attached hydrogens (tertiary/aromatic N) is 1. The molecule has 3 unspecified atom stereocenters. The molecule has 0 fully saturated rings. The Kier molecular flexibility index (Phi) is 62.8. The van der Waals surface area contributed by atoms with Gasteiger partial charge in [0.25, 0.3) is 7.82 Å². The maximum Gasteiger partial charge on any atom is 0.268 e. The second-order valence-electron chi connectivity index (χ2n) is 25.6. The monoisotopic (exact) mass is 1180 g/mol. The first-order valence-corrected chi connectivity index (χ1v) is 37.3. The Bertz CT molecular complexity index is 1580. The molecule has 0 aromatic carbocycles. The molecule has 1 amide bonds. The Morgan fingerprint density at radius 3 is 1.12 bits per heavy atom. The first-order valence-electron chi connectivity index (χ1n) is 35.8. The molecular formula is C74H139N2O6P. The Balaban J connectivity index is 4.08. The Morgan fingerprint density at radius 1 is 0.434 bits per heavy atom. The van der Waals surface area contributed by atoms with E-state index in [0.29, 0.717) is 17.4 Å². The summed E-state index contributed by atoms with van der Waals surface area (Å²) in [6, 6.07) is -0.907. The van der Waals surface area contributed by atoms with Gasteiger partial charge < -0.3 is 28.8 Å². The van der Waals surface area contributed by atoms with Crippen LogP contribution in [-0.4, -0.2) is 68.5 Å². The average molecular weight is 1180 g/mol. The van der Waals surface area contributed by atoms with Crippen LogP contribution in [0.1, 0.15) is 341 Å². The molecule has 0 aromatic heterocycles. The van der Waals surface area contributed by atoms with Gasteiger partial charge in [-0.3, -0.25) is 9.36 Å². The van der Waals surface area contributed by atoms with E-state index < -0.39 is 26.6 Å². The zero-order chi connectivity index (χ0) is 60.5. The van der Waals surface area contributed by atoms with Crippen LogP contribution in [0, 0.1) is 0 Å². The third kappa shape index (κ3) is 67.3. The van der Waals surface area contributed by atoms with Crippen molar-refractivity contribution in [3.8, 4) is 0 Å². The number of phosphoric acid groups is 1. The molecular weight excluding hydrogens is 1040 g/mol. The molecule has 3 atom stereocenters. The van der Waals surface area contributed by atoms with E-state index in [4.69, 9.17) is 9.05 Å². The minimum absolute atomic E-state index is 0.00689. The maximum absolute atomic E-state index is 13.0. The number of nitrogens with one attached hydrogen (secondary N) is 1. The summed E-state index contributed by atoms with van der Waals surface area (Å²) in [6.45, 7) is 4.56. The molecule has 9 heteroatoms. The first-order chi connectivity index (χ1) is 40.5. The van der Waals surface area contributed by atoms with Gasteiger partial charge in [0, 0.05) is 6.42 Å². The van der Waals surface area contributed by atoms with E-state index in [9.17, 15) is 19.4 Å². The molecule has 0 rings (SSSR count). The average Bonchev–Trinajstić information content (AvgIpc) is 3.49. The number of aliphatic hydroxyl groups is 1. The molecule has 0 aliphatic rings. The number of rotatable bonds is 66. The van der Waals surface area contributed by atoms with Crippen molar-refractivity contribution >= 4 is 13.7 Å². The van der Waals surface area contributed by atoms with Crippen LogP contribution < -0.4 is 10.2 Å². The van der Waals surface area contributed by atoms with E-state index in [2.05, 4.69) is 79.9 Å². The lowest BCUT2D eigenvalue weighted by molar-refractivity contribution is -0.870. The van der Waals surface area contributed by atoms with Gasteiger partial charge in [-0.1, -0.05) is 337 Å². The van der Waals surface area contributed by atoms with Crippen molar-refractivity contribution in [3.63, 3.8) is 0 Å². The van der Waals surface area contributed by atoms with Gasteiger partial charge in [-0.05, 0) is 70.6 Å². The van der Waals surface area contributed by atoms with Crippen molar-refractivity contribution in [1.29, 1.82) is 0 Å². The fourth-order valence-corrected chi connectivity index (χ4v) is 11.4. The molecule has 0 aliphatic carbocycles. The molecule has 2 N–H and O–H groups in total. The van der Waals surface area contributed by atoms with E-state index in [-0.39, 0.29) is 12.5 Å². The van der Waals surface area contributed by atoms with Crippen LogP contribution in [0.4, 0.5) is 0 Å². The number of aliphatic hydroxyl groups excluding tert-OH is 1. The molecule has 0 saturated carbocycles. The van der Waals surface area contributed by atoms with Gasteiger partial charge in [-0.25, -0.2) is 0 Å². The summed E-state index contributed by atoms with van der Waals surface area (Å²) in [6.07, 6.45) is 90.4. The van der Waals surface area contributed by atoms with E-state index in [1.807, 2.05) is 27.2 Å². The molecule has 486 valence electrons. The highest BCUT2D eigenvalue weighted by atomic mass is 31.2. The lowest BCUT2D eigenvalue weighted by Crippen LogP contribution is -2.45. The zero-order valence-electron chi connectivity index (χ0n) is 55.6. The van der Waals surface area contributed by atoms with Crippen LogP contribution in [0.5, 0.6) is 0 Å². The summed E-state index contributed by atoms with van der Waals surface area (Å²) in [7, 11) is 1.25. The highest BCUT2D eigenvalue weighted by molar-refractivity contribution is 7.45. The van der Waals surface area contributed by atoms with Gasteiger partial charge in [-0.15, -0.1) is 0 Å². The van der Waals surface area contributed by atoms with Crippen LogP contribution in [0.2, 0.25) is 0 Å². The van der Waals surface area contributed by atoms with Crippen molar-refractivity contribution in [2.75, 3.05) is 40.9 Å². The number of amides is 1. The van der Waals surface area contributed by atoms with Crippen molar-refractivity contribution in [2.45, 2.75) is 353 Å². The van der Waals surface area contributed by atoms with E-state index in [0.717, 1.165) is 64.2 Å². The topological polar surface area (TPSA) is 108 Å². The van der Waals surface area contributed by atoms with Crippen molar-refractivity contribution < 1.29 is 32.9 Å². The third-order valence-electron chi connectivity index (χ3n) is 16.2. The number of carbonyl (C=O) groups is 1. The highest BCUT2D eigenvalue weighted by Crippen LogP contribution is 2.38. The lowest BCUT2D eigenvalue weighted by Gasteiger charge is -2.29. The van der Waals surface area contributed by atoms with Gasteiger partial charge in [0.05, 0.1) is 39.9 Å². The second kappa shape index (κ2) is 64.4. The predicted molar refractivity (Wildman–Crippen MR) is 362 cm³/mol. The second-order valence-corrected chi connectivity index (χ2v) is 27.0. The minimum atomic E-state index is -4.61. The van der Waals surface area contributed by atoms with Crippen LogP contribution in [0.3, 0.4) is 0 Å². The smallest absolute Gasteiger partial charge is 0.268 e. The van der Waals surface area contributed by atoms with Gasteiger partial charge in [0.2, 0.25) is 5.91 Å². The quantitative estimate of drug-likeness (QED) is 0.0272. The van der Waals surface area contributed by atoms with Gasteiger partial charge in [0.15, 0.2) is 0 Å². The number of hydrogen-bond acceptors (Lipinski definition) is 6. The number of phosphoric ester groups is 1. The fraction of sp³-hybridized carbons (Fsp3) is 0.824. The van der Waals surface area contributed by atoms with E-state index >= 15 is 0 Å². The summed E-state index contributed by atoms with van der Waals surface area (Å²) in [5, 5.41) is 14.0. The molecule has 8 nitrogen and oxygen atoms in total. The summed E-state index contributed by atoms with van der Waals surface area (Å²) < 4.78 is 23.5. The Labute approximate surface area is 516 Å². The Morgan fingerprint density at radius 2 is 0.747 bits per heavy atom. The summed E-state index contributed by atoms with van der Waals surface area (Å²) in [5.41, 5.74) is 0. The van der Waals surface area contributed by atoms with Gasteiger partial charge in [0.1, 0.15) is 13.2 Å².